The van der Waals surface area contributed by atoms with Crippen LogP contribution in [0.3, 0.4) is 0 Å². The van der Waals surface area contributed by atoms with Crippen LogP contribution in [0, 0.1) is 0 Å². The summed E-state index contributed by atoms with van der Waals surface area (Å²) in [5, 5.41) is 45.7. The molecule has 316 valence electrons. The van der Waals surface area contributed by atoms with Gasteiger partial charge in [-0.25, -0.2) is 0 Å². The van der Waals surface area contributed by atoms with Gasteiger partial charge in [0.2, 0.25) is 5.91 Å². The van der Waals surface area contributed by atoms with Gasteiger partial charge < -0.3 is 59.9 Å². The van der Waals surface area contributed by atoms with Gasteiger partial charge in [0.15, 0.2) is 18.7 Å². The number of hydrogen-bond donors (Lipinski definition) is 6. The predicted molar refractivity (Wildman–Crippen MR) is 199 cm³/mol. The highest BCUT2D eigenvalue weighted by molar-refractivity contribution is 5.73. The summed E-state index contributed by atoms with van der Waals surface area (Å²) in [7, 11) is 0. The van der Waals surface area contributed by atoms with E-state index in [4.69, 9.17) is 28.4 Å². The lowest BCUT2D eigenvalue weighted by Gasteiger charge is -2.46. The van der Waals surface area contributed by atoms with Crippen LogP contribution in [0.15, 0.2) is 0 Å². The molecule has 2 aliphatic heterocycles. The number of hydrogen-bond acceptors (Lipinski definition) is 13. The average molecular weight is 778 g/mol. The number of quaternary nitrogens is 1. The largest absolute Gasteiger partial charge is 0.462 e. The molecule has 2 fully saturated rings. The molecule has 8 N–H and O–H groups in total. The van der Waals surface area contributed by atoms with Gasteiger partial charge in [-0.1, -0.05) is 104 Å². The average Bonchev–Trinajstić information content (AvgIpc) is 3.14. The topological polar surface area (TPSA) is 227 Å². The molecule has 0 radical (unpaired) electrons. The third-order valence-electron chi connectivity index (χ3n) is 10.2. The minimum Gasteiger partial charge on any atom is -0.462 e. The molecule has 2 heterocycles. The van der Waals surface area contributed by atoms with Gasteiger partial charge in [-0.3, -0.25) is 14.4 Å². The van der Waals surface area contributed by atoms with E-state index in [-0.39, 0.29) is 26.1 Å². The molecule has 15 nitrogen and oxygen atoms in total. The highest BCUT2D eigenvalue weighted by Crippen LogP contribution is 2.29. The molecular formula is C39H73N2O13+. The minimum atomic E-state index is -1.66. The Kier molecular flexibility index (Phi) is 24.6. The van der Waals surface area contributed by atoms with Gasteiger partial charge in [0, 0.05) is 19.8 Å². The maximum Gasteiger partial charge on any atom is 0.306 e. The van der Waals surface area contributed by atoms with Crippen LogP contribution in [0.1, 0.15) is 143 Å². The van der Waals surface area contributed by atoms with E-state index in [1.807, 2.05) is 0 Å². The van der Waals surface area contributed by atoms with Gasteiger partial charge in [-0.15, -0.1) is 0 Å². The minimum absolute atomic E-state index is 0.186. The Balaban J connectivity index is 1.99. The first-order chi connectivity index (χ1) is 25.9. The Labute approximate surface area is 322 Å². The summed E-state index contributed by atoms with van der Waals surface area (Å²) in [6.45, 7) is 5.94. The van der Waals surface area contributed by atoms with Crippen LogP contribution >= 0.6 is 0 Å². The molecule has 2 rings (SSSR count). The van der Waals surface area contributed by atoms with Crippen molar-refractivity contribution in [1.29, 1.82) is 0 Å². The SMILES string of the molecule is CCCCCCCCCCCCCCC(=O)O[C@H](COC(=O)CCCCCC)CO[C@H]1O[C@H](CO)[C@@H](O)[C@H](O[C@@H]2O[C@H](C)[C@H]([NH3+])[C@H](O)[C@H]2NC(C)=O)[C@H]1O. The lowest BCUT2D eigenvalue weighted by atomic mass is 9.94. The zero-order valence-electron chi connectivity index (χ0n) is 33.4. The van der Waals surface area contributed by atoms with Crippen LogP contribution in [0.25, 0.3) is 0 Å². The molecular weight excluding hydrogens is 704 g/mol. The number of carbonyl (C=O) groups is 3. The number of carbonyl (C=O) groups excluding carboxylic acids is 3. The second-order valence-corrected chi connectivity index (χ2v) is 15.0. The molecule has 54 heavy (non-hydrogen) atoms. The summed E-state index contributed by atoms with van der Waals surface area (Å²) < 4.78 is 34.5. The van der Waals surface area contributed by atoms with E-state index in [1.165, 1.54) is 58.3 Å². The molecule has 15 heteroatoms. The van der Waals surface area contributed by atoms with Crippen molar-refractivity contribution in [2.45, 2.75) is 211 Å². The number of rotatable bonds is 28. The molecule has 0 bridgehead atoms. The number of amides is 1. The standard InChI is InChI=1S/C39H72N2O13/c1-5-7-9-11-12-13-14-15-16-17-18-20-22-31(45)52-28(24-49-30(44)21-19-10-8-6-2)25-50-39-36(48)37(34(46)29(23-42)53-39)54-38-33(41-27(4)43)35(47)32(40)26(3)51-38/h26,28-29,32-39,42,46-48H,5-25,40H2,1-4H3,(H,41,43)/p+1/t26-,28-,29-,32+,33-,34-,35+,36-,37+,38+,39+/m1/s1. The third-order valence-corrected chi connectivity index (χ3v) is 10.2. The highest BCUT2D eigenvalue weighted by atomic mass is 16.7. The molecule has 0 spiro atoms. The first-order valence-electron chi connectivity index (χ1n) is 20.6. The second-order valence-electron chi connectivity index (χ2n) is 15.0. The van der Waals surface area contributed by atoms with Crippen molar-refractivity contribution in [3.8, 4) is 0 Å². The maximum absolute atomic E-state index is 12.9. The molecule has 0 aromatic heterocycles. The van der Waals surface area contributed by atoms with Gasteiger partial charge in [-0.05, 0) is 19.8 Å². The smallest absolute Gasteiger partial charge is 0.306 e. The fourth-order valence-electron chi connectivity index (χ4n) is 6.74. The molecule has 2 aliphatic rings. The van der Waals surface area contributed by atoms with Crippen LogP contribution in [0.5, 0.6) is 0 Å². The molecule has 0 unspecified atom stereocenters. The van der Waals surface area contributed by atoms with E-state index in [9.17, 15) is 34.8 Å². The molecule has 11 atom stereocenters. The first-order valence-corrected chi connectivity index (χ1v) is 20.6. The van der Waals surface area contributed by atoms with Gasteiger partial charge in [0.25, 0.3) is 0 Å². The van der Waals surface area contributed by atoms with Crippen LogP contribution in [-0.2, 0) is 42.8 Å². The summed E-state index contributed by atoms with van der Waals surface area (Å²) >= 11 is 0. The summed E-state index contributed by atoms with van der Waals surface area (Å²) in [4.78, 5) is 37.3. The Bertz CT molecular complexity index is 1040. The van der Waals surface area contributed by atoms with Crippen LogP contribution < -0.4 is 11.1 Å². The normalized spacial score (nSPS) is 29.1. The van der Waals surface area contributed by atoms with Crippen molar-refractivity contribution < 1.29 is 69.0 Å². The molecule has 0 aromatic rings. The van der Waals surface area contributed by atoms with Gasteiger partial charge >= 0.3 is 11.9 Å². The number of aliphatic hydroxyl groups is 4. The van der Waals surface area contributed by atoms with Crippen molar-refractivity contribution in [2.24, 2.45) is 0 Å². The zero-order valence-corrected chi connectivity index (χ0v) is 33.4. The fourth-order valence-corrected chi connectivity index (χ4v) is 6.74. The van der Waals surface area contributed by atoms with E-state index < -0.39 is 91.8 Å². The molecule has 1 amide bonds. The number of aliphatic hydroxyl groups excluding tert-OH is 4. The Morgan fingerprint density at radius 1 is 0.722 bits per heavy atom. The van der Waals surface area contributed by atoms with Crippen molar-refractivity contribution >= 4 is 17.8 Å². The monoisotopic (exact) mass is 778 g/mol. The Hall–Kier alpha value is -1.95. The van der Waals surface area contributed by atoms with E-state index >= 15 is 0 Å². The quantitative estimate of drug-likeness (QED) is 0.0497. The van der Waals surface area contributed by atoms with E-state index in [0.29, 0.717) is 12.8 Å². The lowest BCUT2D eigenvalue weighted by Crippen LogP contribution is -2.79. The summed E-state index contributed by atoms with van der Waals surface area (Å²) in [6.07, 6.45) is 6.42. The highest BCUT2D eigenvalue weighted by Gasteiger charge is 2.51. The summed E-state index contributed by atoms with van der Waals surface area (Å²) in [6, 6.07) is -1.70. The number of ether oxygens (including phenoxy) is 6. The maximum atomic E-state index is 12.9. The second kappa shape index (κ2) is 27.6. The summed E-state index contributed by atoms with van der Waals surface area (Å²) in [5.74, 6) is -1.37. The summed E-state index contributed by atoms with van der Waals surface area (Å²) in [5.41, 5.74) is 3.90. The number of nitrogens with one attached hydrogen (secondary N) is 1. The van der Waals surface area contributed by atoms with Gasteiger partial charge in [0.05, 0.1) is 13.2 Å². The Morgan fingerprint density at radius 3 is 1.81 bits per heavy atom. The van der Waals surface area contributed by atoms with Crippen molar-refractivity contribution in [3.05, 3.63) is 0 Å². The fraction of sp³-hybridized carbons (Fsp3) is 0.923. The molecule has 0 aliphatic carbocycles. The van der Waals surface area contributed by atoms with Crippen molar-refractivity contribution in [1.82, 2.24) is 5.32 Å². The number of unbranched alkanes of at least 4 members (excludes halogenated alkanes) is 14. The van der Waals surface area contributed by atoms with Crippen LogP contribution in [0.2, 0.25) is 0 Å². The first kappa shape index (κ1) is 48.2. The molecule has 2 saturated heterocycles. The van der Waals surface area contributed by atoms with Crippen LogP contribution in [-0.4, -0.2) is 125 Å². The molecule has 0 aromatic carbocycles. The predicted octanol–water partition coefficient (Wildman–Crippen LogP) is 2.56. The number of esters is 2. The zero-order chi connectivity index (χ0) is 39.9. The van der Waals surface area contributed by atoms with E-state index in [1.54, 1.807) is 6.92 Å². The van der Waals surface area contributed by atoms with Crippen molar-refractivity contribution in [2.75, 3.05) is 19.8 Å². The van der Waals surface area contributed by atoms with Gasteiger partial charge in [0.1, 0.15) is 55.3 Å². The van der Waals surface area contributed by atoms with Crippen molar-refractivity contribution in [3.63, 3.8) is 0 Å². The third kappa shape index (κ3) is 17.9. The van der Waals surface area contributed by atoms with Gasteiger partial charge in [-0.2, -0.15) is 0 Å². The molecule has 0 saturated carbocycles. The lowest BCUT2D eigenvalue weighted by molar-refractivity contribution is -0.480. The Morgan fingerprint density at radius 2 is 1.26 bits per heavy atom. The van der Waals surface area contributed by atoms with E-state index in [2.05, 4.69) is 24.9 Å². The van der Waals surface area contributed by atoms with E-state index in [0.717, 1.165) is 38.5 Å². The van der Waals surface area contributed by atoms with Crippen LogP contribution in [0.4, 0.5) is 0 Å².